The molecule has 0 heterocycles. The van der Waals surface area contributed by atoms with Crippen LogP contribution in [0.25, 0.3) is 0 Å². The first-order chi connectivity index (χ1) is 11.3. The van der Waals surface area contributed by atoms with Crippen LogP contribution in [0.3, 0.4) is 0 Å². The van der Waals surface area contributed by atoms with Gasteiger partial charge in [-0.1, -0.05) is 30.3 Å². The summed E-state index contributed by atoms with van der Waals surface area (Å²) in [5.74, 6) is 1.87. The lowest BCUT2D eigenvalue weighted by Crippen LogP contribution is -2.39. The van der Waals surface area contributed by atoms with Crippen molar-refractivity contribution in [3.63, 3.8) is 0 Å². The lowest BCUT2D eigenvalue weighted by atomic mass is 10.2. The van der Waals surface area contributed by atoms with Crippen LogP contribution in [0.5, 0.6) is 11.5 Å². The molecule has 0 aliphatic carbocycles. The number of hydrogen-bond acceptors (Lipinski definition) is 3. The number of phenols is 1. The molecule has 0 fully saturated rings. The van der Waals surface area contributed by atoms with Gasteiger partial charge in [0.2, 0.25) is 0 Å². The van der Waals surface area contributed by atoms with E-state index in [-0.39, 0.29) is 5.75 Å². The highest BCUT2D eigenvalue weighted by molar-refractivity contribution is 5.79. The fourth-order valence-electron chi connectivity index (χ4n) is 1.97. The Hall–Kier alpha value is -2.69. The monoisotopic (exact) mass is 313 g/mol. The zero-order valence-corrected chi connectivity index (χ0v) is 13.3. The Balaban J connectivity index is 1.78. The lowest BCUT2D eigenvalue weighted by molar-refractivity contribution is 0.322. The molecule has 0 unspecified atom stereocenters. The second-order valence-electron chi connectivity index (χ2n) is 4.95. The molecule has 0 saturated carbocycles. The van der Waals surface area contributed by atoms with Gasteiger partial charge >= 0.3 is 0 Å². The molecule has 0 radical (unpaired) electrons. The van der Waals surface area contributed by atoms with Crippen molar-refractivity contribution in [2.45, 2.75) is 13.5 Å². The topological polar surface area (TPSA) is 65.9 Å². The number of guanidine groups is 1. The van der Waals surface area contributed by atoms with Crippen molar-refractivity contribution in [3.8, 4) is 11.5 Å². The van der Waals surface area contributed by atoms with Crippen molar-refractivity contribution in [1.29, 1.82) is 0 Å². The van der Waals surface area contributed by atoms with Gasteiger partial charge < -0.3 is 20.5 Å². The third kappa shape index (κ3) is 6.30. The summed E-state index contributed by atoms with van der Waals surface area (Å²) in [6, 6.07) is 16.8. The third-order valence-electron chi connectivity index (χ3n) is 3.11. The van der Waals surface area contributed by atoms with Crippen LogP contribution in [0, 0.1) is 0 Å². The average Bonchev–Trinajstić information content (AvgIpc) is 2.59. The van der Waals surface area contributed by atoms with Gasteiger partial charge in [0.25, 0.3) is 0 Å². The van der Waals surface area contributed by atoms with Crippen molar-refractivity contribution >= 4 is 5.96 Å². The number of nitrogens with zero attached hydrogens (tertiary/aromatic N) is 1. The number of aliphatic imine (C=N–C) groups is 1. The maximum Gasteiger partial charge on any atom is 0.191 e. The Bertz CT molecular complexity index is 597. The van der Waals surface area contributed by atoms with Gasteiger partial charge in [0.05, 0.1) is 13.1 Å². The van der Waals surface area contributed by atoms with E-state index in [0.717, 1.165) is 23.8 Å². The molecule has 3 N–H and O–H groups in total. The first-order valence-corrected chi connectivity index (χ1v) is 7.76. The normalized spacial score (nSPS) is 11.1. The summed E-state index contributed by atoms with van der Waals surface area (Å²) in [5.41, 5.74) is 1.04. The molecular weight excluding hydrogens is 290 g/mol. The lowest BCUT2D eigenvalue weighted by Gasteiger charge is -2.12. The minimum absolute atomic E-state index is 0.265. The molecule has 0 aliphatic heterocycles. The molecule has 0 saturated heterocycles. The summed E-state index contributed by atoms with van der Waals surface area (Å²) in [6.45, 7) is 4.60. The van der Waals surface area contributed by atoms with Gasteiger partial charge in [-0.15, -0.1) is 0 Å². The molecule has 5 nitrogen and oxygen atoms in total. The van der Waals surface area contributed by atoms with Gasteiger partial charge in [-0.25, -0.2) is 4.99 Å². The molecule has 0 spiro atoms. The van der Waals surface area contributed by atoms with Crippen molar-refractivity contribution in [2.75, 3.05) is 19.7 Å². The van der Waals surface area contributed by atoms with Crippen molar-refractivity contribution in [1.82, 2.24) is 10.6 Å². The van der Waals surface area contributed by atoms with E-state index in [9.17, 15) is 5.11 Å². The number of benzene rings is 2. The standard InChI is InChI=1S/C18H23N3O2/c1-2-19-18(21-14-15-8-10-16(22)11-9-15)20-12-13-23-17-6-4-3-5-7-17/h3-11,22H,2,12-14H2,1H3,(H2,19,20,21). The fourth-order valence-corrected chi connectivity index (χ4v) is 1.97. The fraction of sp³-hybridized carbons (Fsp3) is 0.278. The summed E-state index contributed by atoms with van der Waals surface area (Å²) in [6.07, 6.45) is 0. The Morgan fingerprint density at radius 1 is 1.04 bits per heavy atom. The molecule has 2 aromatic carbocycles. The SMILES string of the molecule is CCNC(=NCc1ccc(O)cc1)NCCOc1ccccc1. The van der Waals surface area contributed by atoms with Crippen LogP contribution in [-0.4, -0.2) is 30.8 Å². The van der Waals surface area contributed by atoms with Gasteiger partial charge in [0, 0.05) is 6.54 Å². The molecule has 23 heavy (non-hydrogen) atoms. The van der Waals surface area contributed by atoms with Crippen molar-refractivity contribution in [2.24, 2.45) is 4.99 Å². The molecule has 0 aromatic heterocycles. The van der Waals surface area contributed by atoms with Crippen LogP contribution >= 0.6 is 0 Å². The van der Waals surface area contributed by atoms with Crippen molar-refractivity contribution < 1.29 is 9.84 Å². The average molecular weight is 313 g/mol. The first-order valence-electron chi connectivity index (χ1n) is 7.76. The van der Waals surface area contributed by atoms with E-state index < -0.39 is 0 Å². The number of para-hydroxylation sites is 1. The molecule has 0 bridgehead atoms. The minimum Gasteiger partial charge on any atom is -0.508 e. The predicted octanol–water partition coefficient (Wildman–Crippen LogP) is 2.53. The van der Waals surface area contributed by atoms with Crippen LogP contribution in [0.15, 0.2) is 59.6 Å². The highest BCUT2D eigenvalue weighted by Crippen LogP contribution is 2.10. The first kappa shape index (κ1) is 16.7. The zero-order valence-electron chi connectivity index (χ0n) is 13.3. The third-order valence-corrected chi connectivity index (χ3v) is 3.11. The molecule has 0 amide bonds. The summed E-state index contributed by atoms with van der Waals surface area (Å²) in [4.78, 5) is 4.52. The van der Waals surface area contributed by atoms with E-state index in [4.69, 9.17) is 4.74 Å². The molecule has 5 heteroatoms. The van der Waals surface area contributed by atoms with Gasteiger partial charge in [0.1, 0.15) is 18.1 Å². The van der Waals surface area contributed by atoms with Crippen molar-refractivity contribution in [3.05, 3.63) is 60.2 Å². The Labute approximate surface area is 137 Å². The maximum absolute atomic E-state index is 9.28. The van der Waals surface area contributed by atoms with Crippen LogP contribution in [0.4, 0.5) is 0 Å². The van der Waals surface area contributed by atoms with E-state index in [1.165, 1.54) is 0 Å². The number of ether oxygens (including phenoxy) is 1. The summed E-state index contributed by atoms with van der Waals surface area (Å²) >= 11 is 0. The number of aromatic hydroxyl groups is 1. The predicted molar refractivity (Wildman–Crippen MR) is 92.9 cm³/mol. The molecule has 0 atom stereocenters. The number of nitrogens with one attached hydrogen (secondary N) is 2. The van der Waals surface area contributed by atoms with E-state index in [2.05, 4.69) is 15.6 Å². The number of rotatable bonds is 7. The molecule has 0 aliphatic rings. The van der Waals surface area contributed by atoms with E-state index >= 15 is 0 Å². The van der Waals surface area contributed by atoms with Gasteiger partial charge in [0.15, 0.2) is 5.96 Å². The second kappa shape index (κ2) is 9.35. The van der Waals surface area contributed by atoms with Crippen LogP contribution in [-0.2, 0) is 6.54 Å². The summed E-state index contributed by atoms with van der Waals surface area (Å²) < 4.78 is 5.64. The van der Waals surface area contributed by atoms with E-state index in [0.29, 0.717) is 19.7 Å². The van der Waals surface area contributed by atoms with Crippen LogP contribution in [0.1, 0.15) is 12.5 Å². The Kier molecular flexibility index (Phi) is 6.78. The molecular formula is C18H23N3O2. The Morgan fingerprint density at radius 2 is 1.78 bits per heavy atom. The molecule has 2 aromatic rings. The largest absolute Gasteiger partial charge is 0.508 e. The maximum atomic E-state index is 9.28. The van der Waals surface area contributed by atoms with Gasteiger partial charge in [-0.3, -0.25) is 0 Å². The summed E-state index contributed by atoms with van der Waals surface area (Å²) in [5, 5.41) is 15.7. The smallest absolute Gasteiger partial charge is 0.191 e. The molecule has 2 rings (SSSR count). The van der Waals surface area contributed by atoms with E-state index in [1.54, 1.807) is 12.1 Å². The van der Waals surface area contributed by atoms with Crippen LogP contribution < -0.4 is 15.4 Å². The highest BCUT2D eigenvalue weighted by Gasteiger charge is 1.98. The van der Waals surface area contributed by atoms with Gasteiger partial charge in [-0.05, 0) is 36.8 Å². The zero-order chi connectivity index (χ0) is 16.3. The second-order valence-corrected chi connectivity index (χ2v) is 4.95. The summed E-state index contributed by atoms with van der Waals surface area (Å²) in [7, 11) is 0. The quantitative estimate of drug-likeness (QED) is 0.417. The van der Waals surface area contributed by atoms with E-state index in [1.807, 2.05) is 49.4 Å². The number of hydrogen-bond donors (Lipinski definition) is 3. The Morgan fingerprint density at radius 3 is 2.48 bits per heavy atom. The van der Waals surface area contributed by atoms with Gasteiger partial charge in [-0.2, -0.15) is 0 Å². The highest BCUT2D eigenvalue weighted by atomic mass is 16.5. The molecule has 122 valence electrons. The van der Waals surface area contributed by atoms with Crippen LogP contribution in [0.2, 0.25) is 0 Å². The minimum atomic E-state index is 0.265. The number of phenolic OH excluding ortho intramolecular Hbond substituents is 1.